The van der Waals surface area contributed by atoms with Crippen molar-refractivity contribution < 1.29 is 22.7 Å². The number of aromatic nitrogens is 3. The molecule has 27 heavy (non-hydrogen) atoms. The number of rotatable bonds is 4. The van der Waals surface area contributed by atoms with Crippen molar-refractivity contribution in [3.63, 3.8) is 0 Å². The van der Waals surface area contributed by atoms with Gasteiger partial charge in [-0.15, -0.1) is 5.10 Å². The van der Waals surface area contributed by atoms with E-state index in [9.17, 15) is 18.0 Å². The molecule has 1 aliphatic heterocycles. The van der Waals surface area contributed by atoms with Crippen LogP contribution in [-0.4, -0.2) is 51.9 Å². The summed E-state index contributed by atoms with van der Waals surface area (Å²) in [6.07, 6.45) is -0.834. The van der Waals surface area contributed by atoms with Crippen LogP contribution in [0.3, 0.4) is 0 Å². The molecule has 2 aliphatic rings. The summed E-state index contributed by atoms with van der Waals surface area (Å²) >= 11 is 0. The van der Waals surface area contributed by atoms with Gasteiger partial charge in [-0.05, 0) is 25.5 Å². The van der Waals surface area contributed by atoms with Crippen LogP contribution in [0.2, 0.25) is 0 Å². The lowest BCUT2D eigenvalue weighted by Crippen LogP contribution is -2.53. The molecule has 0 saturated carbocycles. The van der Waals surface area contributed by atoms with Crippen LogP contribution in [-0.2, 0) is 11.8 Å². The summed E-state index contributed by atoms with van der Waals surface area (Å²) in [5.41, 5.74) is 4.30. The Morgan fingerprint density at radius 3 is 2.81 bits per heavy atom. The van der Waals surface area contributed by atoms with E-state index in [-0.39, 0.29) is 30.3 Å². The van der Waals surface area contributed by atoms with Crippen LogP contribution in [0.15, 0.2) is 28.7 Å². The van der Waals surface area contributed by atoms with Gasteiger partial charge >= 0.3 is 0 Å². The zero-order valence-electron chi connectivity index (χ0n) is 14.7. The first-order valence-electron chi connectivity index (χ1n) is 8.18. The minimum atomic E-state index is -3.00. The van der Waals surface area contributed by atoms with Gasteiger partial charge in [0.1, 0.15) is 18.3 Å². The Labute approximate surface area is 153 Å². The molecule has 1 aromatic rings. The van der Waals surface area contributed by atoms with Crippen LogP contribution in [0.5, 0.6) is 0 Å². The largest absolute Gasteiger partial charge is 0.386 e. The van der Waals surface area contributed by atoms with Gasteiger partial charge in [0, 0.05) is 18.7 Å². The van der Waals surface area contributed by atoms with E-state index in [1.165, 1.54) is 10.8 Å². The molecule has 11 heteroatoms. The first-order chi connectivity index (χ1) is 12.7. The number of nitrogens with two attached hydrogens (primary N) is 1. The van der Waals surface area contributed by atoms with E-state index in [4.69, 9.17) is 10.5 Å². The first kappa shape index (κ1) is 19.1. The average Bonchev–Trinajstić information content (AvgIpc) is 2.95. The van der Waals surface area contributed by atoms with Crippen molar-refractivity contribution in [2.75, 3.05) is 13.2 Å². The quantitative estimate of drug-likeness (QED) is 0.805. The van der Waals surface area contributed by atoms with Crippen LogP contribution < -0.4 is 11.1 Å². The molecule has 0 fully saturated rings. The number of nitrogens with one attached hydrogen (secondary N) is 1. The molecule has 1 aromatic heterocycles. The molecule has 0 spiro atoms. The first-order valence-corrected chi connectivity index (χ1v) is 8.18. The number of ether oxygens (including phenoxy) is 1. The molecule has 0 radical (unpaired) electrons. The molecule has 2 atom stereocenters. The number of alkyl halides is 2. The maximum absolute atomic E-state index is 14.4. The summed E-state index contributed by atoms with van der Waals surface area (Å²) in [5, 5.41) is 10.1. The number of halogens is 3. The standard InChI is InChI=1S/C16H19F3N6O2/c1-8-13(23-24-25(8)2)14(26)21-9-3-4-11(17)10(5-9)16(15(18)19)7-27-6-12(20)22-16/h3-4,10,15H,5-7H2,1-2H3,(H2,20,22)(H,21,26)/t10?,16-/m0/s1. The van der Waals surface area contributed by atoms with E-state index in [1.54, 1.807) is 14.0 Å². The topological polar surface area (TPSA) is 107 Å². The molecule has 146 valence electrons. The van der Waals surface area contributed by atoms with Crippen molar-refractivity contribution in [2.24, 2.45) is 23.7 Å². The highest BCUT2D eigenvalue weighted by Gasteiger charge is 2.51. The molecule has 3 N–H and O–H groups in total. The zero-order chi connectivity index (χ0) is 19.8. The van der Waals surface area contributed by atoms with Gasteiger partial charge in [0.15, 0.2) is 11.2 Å². The fourth-order valence-electron chi connectivity index (χ4n) is 3.10. The summed E-state index contributed by atoms with van der Waals surface area (Å²) in [4.78, 5) is 16.2. The predicted molar refractivity (Wildman–Crippen MR) is 89.8 cm³/mol. The molecule has 0 saturated heterocycles. The Hall–Kier alpha value is -2.69. The summed E-state index contributed by atoms with van der Waals surface area (Å²) in [6, 6.07) is 0. The second-order valence-corrected chi connectivity index (χ2v) is 6.49. The lowest BCUT2D eigenvalue weighted by Gasteiger charge is -2.39. The molecule has 1 aliphatic carbocycles. The fraction of sp³-hybridized carbons (Fsp3) is 0.500. The van der Waals surface area contributed by atoms with Crippen molar-refractivity contribution in [2.45, 2.75) is 25.3 Å². The summed E-state index contributed by atoms with van der Waals surface area (Å²) in [6.45, 7) is 1.11. The van der Waals surface area contributed by atoms with Gasteiger partial charge in [-0.25, -0.2) is 13.2 Å². The van der Waals surface area contributed by atoms with Crippen molar-refractivity contribution in [3.8, 4) is 0 Å². The van der Waals surface area contributed by atoms with Crippen molar-refractivity contribution in [1.29, 1.82) is 0 Å². The number of amidine groups is 1. The molecule has 2 heterocycles. The van der Waals surface area contributed by atoms with Gasteiger partial charge in [0.05, 0.1) is 12.3 Å². The van der Waals surface area contributed by atoms with Gasteiger partial charge < -0.3 is 15.8 Å². The number of hydrogen-bond acceptors (Lipinski definition) is 6. The minimum Gasteiger partial charge on any atom is -0.386 e. The van der Waals surface area contributed by atoms with Gasteiger partial charge in [0.25, 0.3) is 12.3 Å². The smallest absolute Gasteiger partial charge is 0.277 e. The van der Waals surface area contributed by atoms with Gasteiger partial charge in [0.2, 0.25) is 0 Å². The maximum Gasteiger partial charge on any atom is 0.277 e. The Balaban J connectivity index is 1.84. The number of amides is 1. The average molecular weight is 384 g/mol. The number of aliphatic imine (C=N–C) groups is 1. The molecule has 1 unspecified atom stereocenters. The molecular formula is C16H19F3N6O2. The summed E-state index contributed by atoms with van der Waals surface area (Å²) in [5.74, 6) is -2.77. The third kappa shape index (κ3) is 3.46. The van der Waals surface area contributed by atoms with E-state index >= 15 is 0 Å². The number of nitrogens with zero attached hydrogens (tertiary/aromatic N) is 4. The molecule has 1 amide bonds. The highest BCUT2D eigenvalue weighted by molar-refractivity contribution is 5.94. The number of aryl methyl sites for hydroxylation is 1. The van der Waals surface area contributed by atoms with Crippen LogP contribution in [0.1, 0.15) is 22.6 Å². The number of carbonyl (C=O) groups excluding carboxylic acids is 1. The van der Waals surface area contributed by atoms with Crippen molar-refractivity contribution >= 4 is 11.7 Å². The van der Waals surface area contributed by atoms with Crippen molar-refractivity contribution in [3.05, 3.63) is 35.1 Å². The van der Waals surface area contributed by atoms with Gasteiger partial charge in [-0.1, -0.05) is 5.21 Å². The molecule has 8 nitrogen and oxygen atoms in total. The molecule has 0 bridgehead atoms. The number of hydrogen-bond donors (Lipinski definition) is 2. The van der Waals surface area contributed by atoms with Crippen LogP contribution >= 0.6 is 0 Å². The van der Waals surface area contributed by atoms with E-state index in [1.807, 2.05) is 0 Å². The molecule has 0 aromatic carbocycles. The Kier molecular flexibility index (Phi) is 5.05. The molecular weight excluding hydrogens is 365 g/mol. The van der Waals surface area contributed by atoms with Crippen LogP contribution in [0.4, 0.5) is 13.2 Å². The van der Waals surface area contributed by atoms with Crippen LogP contribution in [0.25, 0.3) is 0 Å². The van der Waals surface area contributed by atoms with E-state index < -0.39 is 36.2 Å². The lowest BCUT2D eigenvalue weighted by atomic mass is 9.78. The fourth-order valence-corrected chi connectivity index (χ4v) is 3.10. The highest BCUT2D eigenvalue weighted by Crippen LogP contribution is 2.42. The lowest BCUT2D eigenvalue weighted by molar-refractivity contribution is -0.0376. The van der Waals surface area contributed by atoms with Gasteiger partial charge in [-0.3, -0.25) is 14.5 Å². The SMILES string of the molecule is Cc1c(C(=O)NC2=CC=C(F)C([C@]3(C(F)F)COCC(N)=N3)C2)nnn1C. The number of carbonyl (C=O) groups is 1. The third-order valence-corrected chi connectivity index (χ3v) is 4.71. The Bertz CT molecular complexity index is 847. The van der Waals surface area contributed by atoms with Crippen LogP contribution in [0, 0.1) is 12.8 Å². The normalized spacial score (nSPS) is 25.7. The molecule has 3 rings (SSSR count). The second kappa shape index (κ2) is 7.14. The van der Waals surface area contributed by atoms with Crippen molar-refractivity contribution in [1.82, 2.24) is 20.3 Å². The summed E-state index contributed by atoms with van der Waals surface area (Å²) in [7, 11) is 1.63. The van der Waals surface area contributed by atoms with Gasteiger partial charge in [-0.2, -0.15) is 0 Å². The predicted octanol–water partition coefficient (Wildman–Crippen LogP) is 1.00. The Morgan fingerprint density at radius 2 is 2.22 bits per heavy atom. The second-order valence-electron chi connectivity index (χ2n) is 6.49. The zero-order valence-corrected chi connectivity index (χ0v) is 14.7. The monoisotopic (exact) mass is 384 g/mol. The third-order valence-electron chi connectivity index (χ3n) is 4.71. The maximum atomic E-state index is 14.4. The van der Waals surface area contributed by atoms with E-state index in [0.29, 0.717) is 5.69 Å². The summed E-state index contributed by atoms with van der Waals surface area (Å²) < 4.78 is 48.7. The van der Waals surface area contributed by atoms with E-state index in [0.717, 1.165) is 6.08 Å². The number of allylic oxidation sites excluding steroid dienone is 3. The minimum absolute atomic E-state index is 0.0854. The van der Waals surface area contributed by atoms with E-state index in [2.05, 4.69) is 20.6 Å². The highest BCUT2D eigenvalue weighted by atomic mass is 19.3. The Morgan fingerprint density at radius 1 is 1.48 bits per heavy atom.